The fraction of sp³-hybridized carbons (Fsp3) is 0.591. The zero-order valence-corrected chi connectivity index (χ0v) is 19.8. The van der Waals surface area contributed by atoms with Crippen LogP contribution in [0.2, 0.25) is 0 Å². The molecule has 0 atom stereocenters. The van der Waals surface area contributed by atoms with Crippen LogP contribution in [-0.2, 0) is 25.7 Å². The Hall–Kier alpha value is -3.13. The van der Waals surface area contributed by atoms with Crippen LogP contribution >= 0.6 is 0 Å². The highest BCUT2D eigenvalue weighted by molar-refractivity contribution is 5.87. The monoisotopic (exact) mass is 495 g/mol. The lowest BCUT2D eigenvalue weighted by molar-refractivity contribution is -0.140. The Morgan fingerprint density at radius 2 is 1.14 bits per heavy atom. The van der Waals surface area contributed by atoms with Gasteiger partial charge in [-0.15, -0.1) is 0 Å². The van der Waals surface area contributed by atoms with E-state index in [9.17, 15) is 34.5 Å². The van der Waals surface area contributed by atoms with Gasteiger partial charge in [-0.2, -0.15) is 0 Å². The zero-order valence-electron chi connectivity index (χ0n) is 19.8. The first-order valence-electron chi connectivity index (χ1n) is 11.2. The van der Waals surface area contributed by atoms with Gasteiger partial charge in [-0.05, 0) is 12.1 Å². The minimum Gasteiger partial charge on any atom is -0.480 e. The molecule has 0 spiro atoms. The van der Waals surface area contributed by atoms with Gasteiger partial charge in [0.15, 0.2) is 0 Å². The molecular weight excluding hydrogens is 462 g/mol. The van der Waals surface area contributed by atoms with Crippen molar-refractivity contribution in [3.63, 3.8) is 0 Å². The number of pyridine rings is 1. The third-order valence-electron chi connectivity index (χ3n) is 5.59. The Morgan fingerprint density at radius 1 is 0.743 bits per heavy atom. The van der Waals surface area contributed by atoms with E-state index in [1.54, 1.807) is 32.9 Å². The summed E-state index contributed by atoms with van der Waals surface area (Å²) in [4.78, 5) is 57.4. The molecule has 0 aromatic carbocycles. The SMILES string of the molecule is COC(=O)c1cccc(CN2CCN(CC(=O)O)CCN(CC(=O)O)CCN(CC(=O)O)CC2)n1. The molecule has 0 bridgehead atoms. The lowest BCUT2D eigenvalue weighted by atomic mass is 10.2. The van der Waals surface area contributed by atoms with Gasteiger partial charge in [0.25, 0.3) is 0 Å². The molecule has 2 rings (SSSR count). The number of hydrogen-bond acceptors (Lipinski definition) is 10. The molecule has 1 aromatic rings. The number of nitrogens with zero attached hydrogens (tertiary/aromatic N) is 5. The number of aromatic nitrogens is 1. The molecule has 13 heteroatoms. The lowest BCUT2D eigenvalue weighted by Crippen LogP contribution is -2.48. The van der Waals surface area contributed by atoms with Gasteiger partial charge in [0.1, 0.15) is 5.69 Å². The molecule has 1 saturated heterocycles. The largest absolute Gasteiger partial charge is 0.480 e. The third-order valence-corrected chi connectivity index (χ3v) is 5.59. The van der Waals surface area contributed by atoms with E-state index in [-0.39, 0.29) is 25.3 Å². The molecule has 3 N–H and O–H groups in total. The molecule has 0 amide bonds. The zero-order chi connectivity index (χ0) is 25.8. The summed E-state index contributed by atoms with van der Waals surface area (Å²) in [6.07, 6.45) is 0. The van der Waals surface area contributed by atoms with E-state index in [1.807, 2.05) is 4.90 Å². The molecule has 0 unspecified atom stereocenters. The summed E-state index contributed by atoms with van der Waals surface area (Å²) in [6, 6.07) is 5.03. The molecule has 194 valence electrons. The molecular formula is C22H33N5O8. The first-order chi connectivity index (χ1) is 16.7. The molecule has 1 aliphatic rings. The van der Waals surface area contributed by atoms with E-state index in [4.69, 9.17) is 4.74 Å². The van der Waals surface area contributed by atoms with Gasteiger partial charge in [-0.1, -0.05) is 6.07 Å². The number of hydrogen-bond donors (Lipinski definition) is 3. The molecule has 1 aliphatic heterocycles. The summed E-state index contributed by atoms with van der Waals surface area (Å²) in [5, 5.41) is 27.8. The number of carboxylic acid groups (broad SMARTS) is 3. The summed E-state index contributed by atoms with van der Waals surface area (Å²) in [6.45, 7) is 2.91. The first kappa shape index (κ1) is 28.1. The van der Waals surface area contributed by atoms with Crippen LogP contribution < -0.4 is 0 Å². The number of carbonyl (C=O) groups excluding carboxylic acids is 1. The van der Waals surface area contributed by atoms with Crippen molar-refractivity contribution >= 4 is 23.9 Å². The fourth-order valence-electron chi connectivity index (χ4n) is 3.80. The van der Waals surface area contributed by atoms with Gasteiger partial charge >= 0.3 is 23.9 Å². The topological polar surface area (TPSA) is 164 Å². The van der Waals surface area contributed by atoms with E-state index < -0.39 is 23.9 Å². The van der Waals surface area contributed by atoms with Gasteiger partial charge in [-0.3, -0.25) is 34.0 Å². The number of carbonyl (C=O) groups is 4. The highest BCUT2D eigenvalue weighted by Gasteiger charge is 2.20. The van der Waals surface area contributed by atoms with Crippen molar-refractivity contribution in [3.8, 4) is 0 Å². The smallest absolute Gasteiger partial charge is 0.356 e. The Bertz CT molecular complexity index is 851. The molecule has 1 fully saturated rings. The van der Waals surface area contributed by atoms with Gasteiger partial charge in [-0.25, -0.2) is 9.78 Å². The van der Waals surface area contributed by atoms with Crippen LogP contribution in [0.5, 0.6) is 0 Å². The number of rotatable bonds is 9. The first-order valence-corrected chi connectivity index (χ1v) is 11.2. The Balaban J connectivity index is 2.20. The van der Waals surface area contributed by atoms with Crippen molar-refractivity contribution in [3.05, 3.63) is 29.6 Å². The van der Waals surface area contributed by atoms with Gasteiger partial charge in [0.05, 0.1) is 32.4 Å². The summed E-state index contributed by atoms with van der Waals surface area (Å²) in [5.74, 6) is -3.51. The number of methoxy groups -OCH3 is 1. The molecule has 35 heavy (non-hydrogen) atoms. The van der Waals surface area contributed by atoms with Crippen LogP contribution in [0.4, 0.5) is 0 Å². The van der Waals surface area contributed by atoms with E-state index in [0.29, 0.717) is 64.6 Å². The molecule has 1 aromatic heterocycles. The maximum atomic E-state index is 11.8. The van der Waals surface area contributed by atoms with Crippen LogP contribution in [0.1, 0.15) is 16.2 Å². The van der Waals surface area contributed by atoms with Gasteiger partial charge in [0, 0.05) is 58.9 Å². The van der Waals surface area contributed by atoms with Crippen molar-refractivity contribution in [1.29, 1.82) is 0 Å². The average Bonchev–Trinajstić information content (AvgIpc) is 2.79. The van der Waals surface area contributed by atoms with Gasteiger partial charge < -0.3 is 20.1 Å². The highest BCUT2D eigenvalue weighted by atomic mass is 16.5. The van der Waals surface area contributed by atoms with Crippen molar-refractivity contribution < 1.29 is 39.2 Å². The second kappa shape index (κ2) is 14.3. The summed E-state index contributed by atoms with van der Waals surface area (Å²) in [7, 11) is 1.28. The van der Waals surface area contributed by atoms with E-state index in [2.05, 4.69) is 4.98 Å². The second-order valence-corrected chi connectivity index (χ2v) is 8.29. The fourth-order valence-corrected chi connectivity index (χ4v) is 3.80. The minimum atomic E-state index is -1.00. The second-order valence-electron chi connectivity index (χ2n) is 8.29. The summed E-state index contributed by atoms with van der Waals surface area (Å²) < 4.78 is 4.73. The van der Waals surface area contributed by atoms with Crippen molar-refractivity contribution in [2.75, 3.05) is 79.1 Å². The quantitative estimate of drug-likeness (QED) is 0.352. The number of aliphatic carboxylic acids is 3. The number of carboxylic acids is 3. The maximum absolute atomic E-state index is 11.8. The standard InChI is InChI=1S/C22H33N5O8/c1-35-22(34)18-4-2-3-17(23-18)13-24-5-7-25(14-19(28)29)9-11-27(16-21(32)33)12-10-26(8-6-24)15-20(30)31/h2-4H,5-16H2,1H3,(H,28,29)(H,30,31)(H,32,33). The number of esters is 1. The van der Waals surface area contributed by atoms with Crippen LogP contribution in [0, 0.1) is 0 Å². The Labute approximate surface area is 203 Å². The number of ether oxygens (including phenoxy) is 1. The van der Waals surface area contributed by atoms with Crippen molar-refractivity contribution in [2.24, 2.45) is 0 Å². The molecule has 2 heterocycles. The average molecular weight is 496 g/mol. The van der Waals surface area contributed by atoms with E-state index in [1.165, 1.54) is 7.11 Å². The van der Waals surface area contributed by atoms with E-state index in [0.717, 1.165) is 0 Å². The normalized spacial score (nSPS) is 17.7. The van der Waals surface area contributed by atoms with Crippen LogP contribution in [0.25, 0.3) is 0 Å². The highest BCUT2D eigenvalue weighted by Crippen LogP contribution is 2.07. The molecule has 13 nitrogen and oxygen atoms in total. The molecule has 0 radical (unpaired) electrons. The summed E-state index contributed by atoms with van der Waals surface area (Å²) >= 11 is 0. The van der Waals surface area contributed by atoms with E-state index >= 15 is 0 Å². The minimum absolute atomic E-state index is 0.179. The predicted octanol–water partition coefficient (Wildman–Crippen LogP) is -1.16. The van der Waals surface area contributed by atoms with Crippen molar-refractivity contribution in [2.45, 2.75) is 6.54 Å². The lowest BCUT2D eigenvalue weighted by Gasteiger charge is -2.33. The molecule has 0 aliphatic carbocycles. The maximum Gasteiger partial charge on any atom is 0.356 e. The van der Waals surface area contributed by atoms with Gasteiger partial charge in [0.2, 0.25) is 0 Å². The Morgan fingerprint density at radius 3 is 1.51 bits per heavy atom. The summed E-state index contributed by atoms with van der Waals surface area (Å²) in [5.41, 5.74) is 0.806. The van der Waals surface area contributed by atoms with Crippen molar-refractivity contribution in [1.82, 2.24) is 24.6 Å². The molecule has 0 saturated carbocycles. The van der Waals surface area contributed by atoms with Crippen LogP contribution in [0.15, 0.2) is 18.2 Å². The third kappa shape index (κ3) is 10.8. The van der Waals surface area contributed by atoms with Crippen LogP contribution in [0.3, 0.4) is 0 Å². The Kier molecular flexibility index (Phi) is 11.5. The predicted molar refractivity (Wildman–Crippen MR) is 123 cm³/mol. The van der Waals surface area contributed by atoms with Crippen LogP contribution in [-0.4, -0.2) is 143 Å².